The number of benzene rings is 1. The minimum absolute atomic E-state index is 0.256. The van der Waals surface area contributed by atoms with Gasteiger partial charge in [-0.1, -0.05) is 17.7 Å². The largest absolute Gasteiger partial charge is 0.463 e. The van der Waals surface area contributed by atoms with Gasteiger partial charge in [-0.25, -0.2) is 9.59 Å². The molecule has 0 aliphatic heterocycles. The summed E-state index contributed by atoms with van der Waals surface area (Å²) in [5.41, 5.74) is 0. The van der Waals surface area contributed by atoms with Crippen LogP contribution in [0, 0.1) is 0 Å². The van der Waals surface area contributed by atoms with E-state index in [2.05, 4.69) is 4.74 Å². The van der Waals surface area contributed by atoms with Crippen molar-refractivity contribution in [2.24, 2.45) is 0 Å². The molecule has 5 heteroatoms. The van der Waals surface area contributed by atoms with Crippen LogP contribution in [0.25, 0.3) is 0 Å². The Morgan fingerprint density at radius 3 is 2.65 bits per heavy atom. The van der Waals surface area contributed by atoms with Crippen molar-refractivity contribution in [2.45, 2.75) is 6.92 Å². The molecule has 1 rings (SSSR count). The number of ether oxygens (including phenoxy) is 2. The number of halogens is 1. The van der Waals surface area contributed by atoms with Gasteiger partial charge >= 0.3 is 11.9 Å². The van der Waals surface area contributed by atoms with Gasteiger partial charge in [0, 0.05) is 17.2 Å². The Morgan fingerprint density at radius 1 is 1.29 bits per heavy atom. The highest BCUT2D eigenvalue weighted by molar-refractivity contribution is 6.30. The Balaban J connectivity index is 2.53. The van der Waals surface area contributed by atoms with Gasteiger partial charge in [0.2, 0.25) is 0 Å². The SMILES string of the molecule is CCOC(=O)/C=C/C(=O)Oc1cccc(Cl)c1. The van der Waals surface area contributed by atoms with E-state index in [0.29, 0.717) is 10.8 Å². The maximum atomic E-state index is 11.3. The first-order chi connectivity index (χ1) is 8.11. The van der Waals surface area contributed by atoms with Crippen molar-refractivity contribution in [3.63, 3.8) is 0 Å². The van der Waals surface area contributed by atoms with Gasteiger partial charge in [-0.05, 0) is 25.1 Å². The first-order valence-electron chi connectivity index (χ1n) is 4.94. The number of hydrogen-bond acceptors (Lipinski definition) is 4. The third kappa shape index (κ3) is 5.17. The Morgan fingerprint density at radius 2 is 2.00 bits per heavy atom. The van der Waals surface area contributed by atoms with Crippen molar-refractivity contribution in [1.82, 2.24) is 0 Å². The van der Waals surface area contributed by atoms with Gasteiger partial charge in [0.25, 0.3) is 0 Å². The van der Waals surface area contributed by atoms with Crippen LogP contribution < -0.4 is 4.74 Å². The second kappa shape index (κ2) is 6.70. The van der Waals surface area contributed by atoms with Crippen LogP contribution >= 0.6 is 11.6 Å². The summed E-state index contributed by atoms with van der Waals surface area (Å²) in [5, 5.41) is 0.463. The van der Waals surface area contributed by atoms with Crippen LogP contribution in [0.2, 0.25) is 5.02 Å². The molecule has 0 fully saturated rings. The highest BCUT2D eigenvalue weighted by atomic mass is 35.5. The molecule has 0 atom stereocenters. The second-order valence-corrected chi connectivity index (χ2v) is 3.40. The molecule has 0 amide bonds. The van der Waals surface area contributed by atoms with Gasteiger partial charge in [0.05, 0.1) is 6.61 Å². The van der Waals surface area contributed by atoms with Crippen LogP contribution in [0.3, 0.4) is 0 Å². The summed E-state index contributed by atoms with van der Waals surface area (Å²) < 4.78 is 9.51. The number of rotatable bonds is 4. The second-order valence-electron chi connectivity index (χ2n) is 2.96. The number of carbonyl (C=O) groups is 2. The lowest BCUT2D eigenvalue weighted by Crippen LogP contribution is -2.06. The minimum atomic E-state index is -0.666. The molecule has 0 N–H and O–H groups in total. The molecule has 4 nitrogen and oxygen atoms in total. The maximum absolute atomic E-state index is 11.3. The zero-order valence-electron chi connectivity index (χ0n) is 9.18. The fourth-order valence-electron chi connectivity index (χ4n) is 1.01. The summed E-state index contributed by atoms with van der Waals surface area (Å²) >= 11 is 5.71. The summed E-state index contributed by atoms with van der Waals surface area (Å²) in [5.74, 6) is -0.938. The standard InChI is InChI=1S/C12H11ClO4/c1-2-16-11(14)6-7-12(15)17-10-5-3-4-9(13)8-10/h3-8H,2H2,1H3/b7-6+. The molecular weight excluding hydrogens is 244 g/mol. The molecule has 0 saturated heterocycles. The number of carbonyl (C=O) groups excluding carboxylic acids is 2. The third-order valence-corrected chi connectivity index (χ3v) is 1.89. The first-order valence-corrected chi connectivity index (χ1v) is 5.32. The number of esters is 2. The van der Waals surface area contributed by atoms with Crippen LogP contribution in [0.15, 0.2) is 36.4 Å². The van der Waals surface area contributed by atoms with Crippen LogP contribution in [0.1, 0.15) is 6.92 Å². The highest BCUT2D eigenvalue weighted by Gasteiger charge is 2.02. The van der Waals surface area contributed by atoms with Crippen molar-refractivity contribution in [2.75, 3.05) is 6.61 Å². The molecule has 0 saturated carbocycles. The molecule has 0 bridgehead atoms. The van der Waals surface area contributed by atoms with E-state index in [-0.39, 0.29) is 6.61 Å². The zero-order valence-corrected chi connectivity index (χ0v) is 9.94. The van der Waals surface area contributed by atoms with E-state index < -0.39 is 11.9 Å². The van der Waals surface area contributed by atoms with Gasteiger partial charge in [-0.3, -0.25) is 0 Å². The predicted octanol–water partition coefficient (Wildman–Crippen LogP) is 2.36. The molecular formula is C12H11ClO4. The van der Waals surface area contributed by atoms with Crippen molar-refractivity contribution < 1.29 is 19.1 Å². The van der Waals surface area contributed by atoms with Crippen LogP contribution in [0.4, 0.5) is 0 Å². The smallest absolute Gasteiger partial charge is 0.336 e. The minimum Gasteiger partial charge on any atom is -0.463 e. The molecule has 1 aromatic rings. The molecule has 90 valence electrons. The van der Waals surface area contributed by atoms with Crippen molar-refractivity contribution in [3.05, 3.63) is 41.4 Å². The van der Waals surface area contributed by atoms with E-state index in [4.69, 9.17) is 16.3 Å². The predicted molar refractivity (Wildman–Crippen MR) is 62.9 cm³/mol. The van der Waals surface area contributed by atoms with Crippen molar-refractivity contribution in [1.29, 1.82) is 0 Å². The monoisotopic (exact) mass is 254 g/mol. The van der Waals surface area contributed by atoms with Gasteiger partial charge in [0.15, 0.2) is 0 Å². The summed E-state index contributed by atoms with van der Waals surface area (Å²) in [6.07, 6.45) is 2.01. The van der Waals surface area contributed by atoms with Crippen LogP contribution in [0.5, 0.6) is 5.75 Å². The number of hydrogen-bond donors (Lipinski definition) is 0. The van der Waals surface area contributed by atoms with E-state index in [1.807, 2.05) is 0 Å². The molecule has 0 aliphatic rings. The quantitative estimate of drug-likeness (QED) is 0.470. The van der Waals surface area contributed by atoms with Crippen LogP contribution in [-0.4, -0.2) is 18.5 Å². The lowest BCUT2D eigenvalue weighted by atomic mass is 10.3. The Hall–Kier alpha value is -1.81. The van der Waals surface area contributed by atoms with E-state index in [9.17, 15) is 9.59 Å². The van der Waals surface area contributed by atoms with Crippen molar-refractivity contribution in [3.8, 4) is 5.75 Å². The average molecular weight is 255 g/mol. The lowest BCUT2D eigenvalue weighted by Gasteiger charge is -2.00. The lowest BCUT2D eigenvalue weighted by molar-refractivity contribution is -0.138. The molecule has 0 spiro atoms. The molecule has 17 heavy (non-hydrogen) atoms. The zero-order chi connectivity index (χ0) is 12.7. The van der Waals surface area contributed by atoms with Crippen molar-refractivity contribution >= 4 is 23.5 Å². The van der Waals surface area contributed by atoms with E-state index in [0.717, 1.165) is 12.2 Å². The molecule has 0 radical (unpaired) electrons. The van der Waals surface area contributed by atoms with Gasteiger partial charge < -0.3 is 9.47 Å². The summed E-state index contributed by atoms with van der Waals surface area (Å²) in [7, 11) is 0. The van der Waals surface area contributed by atoms with Gasteiger partial charge in [-0.2, -0.15) is 0 Å². The first kappa shape index (κ1) is 13.3. The molecule has 1 aromatic carbocycles. The normalized spacial score (nSPS) is 10.2. The molecule has 0 aliphatic carbocycles. The van der Waals surface area contributed by atoms with Gasteiger partial charge in [0.1, 0.15) is 5.75 Å². The Bertz CT molecular complexity index is 440. The Kier molecular flexibility index (Phi) is 5.23. The van der Waals surface area contributed by atoms with Gasteiger partial charge in [-0.15, -0.1) is 0 Å². The summed E-state index contributed by atoms with van der Waals surface area (Å²) in [6, 6.07) is 6.40. The van der Waals surface area contributed by atoms with E-state index in [1.165, 1.54) is 6.07 Å². The summed E-state index contributed by atoms with van der Waals surface area (Å²) in [6.45, 7) is 1.93. The van der Waals surface area contributed by atoms with E-state index >= 15 is 0 Å². The fourth-order valence-corrected chi connectivity index (χ4v) is 1.19. The topological polar surface area (TPSA) is 52.6 Å². The fraction of sp³-hybridized carbons (Fsp3) is 0.167. The molecule has 0 unspecified atom stereocenters. The third-order valence-electron chi connectivity index (χ3n) is 1.66. The molecule has 0 heterocycles. The summed E-state index contributed by atoms with van der Waals surface area (Å²) in [4.78, 5) is 22.2. The average Bonchev–Trinajstić information content (AvgIpc) is 2.27. The van der Waals surface area contributed by atoms with Crippen LogP contribution in [-0.2, 0) is 14.3 Å². The Labute approximate surface area is 104 Å². The van der Waals surface area contributed by atoms with E-state index in [1.54, 1.807) is 25.1 Å². The maximum Gasteiger partial charge on any atom is 0.336 e. The highest BCUT2D eigenvalue weighted by Crippen LogP contribution is 2.17. The molecule has 0 aromatic heterocycles.